The van der Waals surface area contributed by atoms with Crippen molar-refractivity contribution in [1.82, 2.24) is 15.1 Å². The summed E-state index contributed by atoms with van der Waals surface area (Å²) < 4.78 is 16.0. The molecule has 30 heavy (non-hydrogen) atoms. The summed E-state index contributed by atoms with van der Waals surface area (Å²) in [6.45, 7) is 8.31. The summed E-state index contributed by atoms with van der Waals surface area (Å²) in [6.07, 6.45) is 0. The van der Waals surface area contributed by atoms with Crippen molar-refractivity contribution in [2.75, 3.05) is 53.6 Å². The fourth-order valence-corrected chi connectivity index (χ4v) is 3.79. The molecule has 0 saturated carbocycles. The molecule has 0 bridgehead atoms. The summed E-state index contributed by atoms with van der Waals surface area (Å²) in [6, 6.07) is 4.52. The highest BCUT2D eigenvalue weighted by Gasteiger charge is 2.43. The predicted molar refractivity (Wildman–Crippen MR) is 112 cm³/mol. The number of rotatable bonds is 6. The number of amides is 1. The maximum Gasteiger partial charge on any atom is 0.321 e. The van der Waals surface area contributed by atoms with Crippen LogP contribution in [-0.4, -0.2) is 81.2 Å². The average molecular weight is 418 g/mol. The largest absolute Gasteiger partial charge is 0.497 e. The number of hydrogen-bond donors (Lipinski definition) is 1. The first-order valence-corrected chi connectivity index (χ1v) is 10.3. The number of nitrogens with zero attached hydrogens (tertiary/aromatic N) is 3. The van der Waals surface area contributed by atoms with Gasteiger partial charge in [-0.05, 0) is 25.6 Å². The number of guanidine groups is 1. The van der Waals surface area contributed by atoms with Crippen molar-refractivity contribution in [3.8, 4) is 11.5 Å². The molecular weight excluding hydrogens is 388 g/mol. The Hall–Kier alpha value is -2.81. The molecule has 9 nitrogen and oxygen atoms in total. The standard InChI is InChI=1S/C21H30N4O5/c1-5-24-9-11-25(12-10-24)21-22-18(17(19(26)23-21)20(27)30-6-2)15-8-7-14(28-3)13-16(15)29-4/h7-8,13,17-18H,5-6,9-12H2,1-4H3,(H,22,23,26)/t17-,18-/m0/s1. The third-order valence-corrected chi connectivity index (χ3v) is 5.51. The van der Waals surface area contributed by atoms with E-state index < -0.39 is 23.8 Å². The van der Waals surface area contributed by atoms with Crippen LogP contribution >= 0.6 is 0 Å². The first-order chi connectivity index (χ1) is 14.5. The Bertz CT molecular complexity index is 805. The van der Waals surface area contributed by atoms with Gasteiger partial charge in [0.25, 0.3) is 0 Å². The maximum absolute atomic E-state index is 13.0. The van der Waals surface area contributed by atoms with Crippen LogP contribution in [0.1, 0.15) is 25.5 Å². The van der Waals surface area contributed by atoms with Crippen molar-refractivity contribution in [2.45, 2.75) is 19.9 Å². The summed E-state index contributed by atoms with van der Waals surface area (Å²) in [5.41, 5.74) is 0.635. The molecule has 0 aliphatic carbocycles. The van der Waals surface area contributed by atoms with E-state index in [0.29, 0.717) is 23.0 Å². The zero-order valence-corrected chi connectivity index (χ0v) is 18.0. The van der Waals surface area contributed by atoms with Crippen LogP contribution in [0.3, 0.4) is 0 Å². The van der Waals surface area contributed by atoms with Gasteiger partial charge in [-0.1, -0.05) is 6.92 Å². The number of hydrogen-bond acceptors (Lipinski definition) is 8. The molecular formula is C21H30N4O5. The molecule has 1 aromatic rings. The highest BCUT2D eigenvalue weighted by Crippen LogP contribution is 2.38. The minimum absolute atomic E-state index is 0.185. The number of piperazine rings is 1. The zero-order chi connectivity index (χ0) is 21.7. The van der Waals surface area contributed by atoms with Gasteiger partial charge >= 0.3 is 5.97 Å². The van der Waals surface area contributed by atoms with E-state index >= 15 is 0 Å². The van der Waals surface area contributed by atoms with E-state index in [1.54, 1.807) is 32.2 Å². The Kier molecular flexibility index (Phi) is 7.15. The Balaban J connectivity index is 1.99. The summed E-state index contributed by atoms with van der Waals surface area (Å²) in [5.74, 6) is -0.506. The van der Waals surface area contributed by atoms with E-state index in [-0.39, 0.29) is 6.61 Å². The summed E-state index contributed by atoms with van der Waals surface area (Å²) in [4.78, 5) is 34.8. The number of aliphatic imine (C=N–C) groups is 1. The average Bonchev–Trinajstić information content (AvgIpc) is 2.78. The fourth-order valence-electron chi connectivity index (χ4n) is 3.79. The highest BCUT2D eigenvalue weighted by molar-refractivity contribution is 6.08. The lowest BCUT2D eigenvalue weighted by Crippen LogP contribution is -2.57. The lowest BCUT2D eigenvalue weighted by Gasteiger charge is -2.38. The summed E-state index contributed by atoms with van der Waals surface area (Å²) in [5, 5.41) is 2.82. The van der Waals surface area contributed by atoms with Gasteiger partial charge in [0.05, 0.1) is 20.8 Å². The third-order valence-electron chi connectivity index (χ3n) is 5.51. The van der Waals surface area contributed by atoms with Crippen molar-refractivity contribution in [3.05, 3.63) is 23.8 Å². The van der Waals surface area contributed by atoms with Crippen LogP contribution in [-0.2, 0) is 14.3 Å². The monoisotopic (exact) mass is 418 g/mol. The fraction of sp³-hybridized carbons (Fsp3) is 0.571. The van der Waals surface area contributed by atoms with Crippen LogP contribution in [0.15, 0.2) is 23.2 Å². The second kappa shape index (κ2) is 9.80. The Morgan fingerprint density at radius 1 is 1.17 bits per heavy atom. The van der Waals surface area contributed by atoms with Crippen LogP contribution in [0.25, 0.3) is 0 Å². The van der Waals surface area contributed by atoms with Crippen molar-refractivity contribution in [2.24, 2.45) is 10.9 Å². The number of carbonyl (C=O) groups excluding carboxylic acids is 2. The molecule has 164 valence electrons. The van der Waals surface area contributed by atoms with Crippen molar-refractivity contribution >= 4 is 17.8 Å². The molecule has 1 fully saturated rings. The van der Waals surface area contributed by atoms with E-state index in [1.165, 1.54) is 7.11 Å². The smallest absolute Gasteiger partial charge is 0.321 e. The van der Waals surface area contributed by atoms with Gasteiger partial charge in [-0.15, -0.1) is 0 Å². The van der Waals surface area contributed by atoms with E-state index in [0.717, 1.165) is 32.7 Å². The molecule has 0 unspecified atom stereocenters. The Labute approximate surface area is 177 Å². The predicted octanol–water partition coefficient (Wildman–Crippen LogP) is 1.05. The van der Waals surface area contributed by atoms with Gasteiger partial charge in [-0.2, -0.15) is 0 Å². The molecule has 1 amide bonds. The highest BCUT2D eigenvalue weighted by atomic mass is 16.5. The van der Waals surface area contributed by atoms with Gasteiger partial charge in [-0.25, -0.2) is 4.99 Å². The number of likely N-dealkylation sites (N-methyl/N-ethyl adjacent to an activating group) is 1. The summed E-state index contributed by atoms with van der Waals surface area (Å²) >= 11 is 0. The second-order valence-corrected chi connectivity index (χ2v) is 7.15. The van der Waals surface area contributed by atoms with Crippen LogP contribution in [0, 0.1) is 5.92 Å². The van der Waals surface area contributed by atoms with Gasteiger partial charge in [-0.3, -0.25) is 14.9 Å². The van der Waals surface area contributed by atoms with Gasteiger partial charge < -0.3 is 24.0 Å². The minimum Gasteiger partial charge on any atom is -0.497 e. The number of methoxy groups -OCH3 is 2. The molecule has 9 heteroatoms. The molecule has 0 spiro atoms. The number of ether oxygens (including phenoxy) is 3. The second-order valence-electron chi connectivity index (χ2n) is 7.15. The van der Waals surface area contributed by atoms with Crippen molar-refractivity contribution < 1.29 is 23.8 Å². The van der Waals surface area contributed by atoms with Crippen LogP contribution in [0.4, 0.5) is 0 Å². The molecule has 1 aromatic carbocycles. The minimum atomic E-state index is -1.09. The maximum atomic E-state index is 13.0. The van der Waals surface area contributed by atoms with Gasteiger partial charge in [0, 0.05) is 37.8 Å². The Morgan fingerprint density at radius 3 is 2.50 bits per heavy atom. The quantitative estimate of drug-likeness (QED) is 0.545. The normalized spacial score (nSPS) is 22.2. The van der Waals surface area contributed by atoms with Crippen LogP contribution in [0.5, 0.6) is 11.5 Å². The molecule has 2 aliphatic heterocycles. The lowest BCUT2D eigenvalue weighted by molar-refractivity contribution is -0.153. The molecule has 2 heterocycles. The SMILES string of the molecule is CCOC(=O)[C@@H]1C(=O)NC(N2CCN(CC)CC2)=N[C@H]1c1ccc(OC)cc1OC. The van der Waals surface area contributed by atoms with E-state index in [1.807, 2.05) is 0 Å². The van der Waals surface area contributed by atoms with E-state index in [4.69, 9.17) is 19.2 Å². The molecule has 0 radical (unpaired) electrons. The number of esters is 1. The molecule has 2 aliphatic rings. The third kappa shape index (κ3) is 4.51. The summed E-state index contributed by atoms with van der Waals surface area (Å²) in [7, 11) is 3.10. The number of nitrogens with one attached hydrogen (secondary N) is 1. The molecule has 1 N–H and O–H groups in total. The van der Waals surface area contributed by atoms with E-state index in [2.05, 4.69) is 22.0 Å². The molecule has 2 atom stereocenters. The van der Waals surface area contributed by atoms with Gasteiger partial charge in [0.15, 0.2) is 5.92 Å². The lowest BCUT2D eigenvalue weighted by atomic mass is 9.90. The van der Waals surface area contributed by atoms with E-state index in [9.17, 15) is 9.59 Å². The first kappa shape index (κ1) is 21.9. The molecule has 0 aromatic heterocycles. The van der Waals surface area contributed by atoms with Crippen molar-refractivity contribution in [1.29, 1.82) is 0 Å². The van der Waals surface area contributed by atoms with Crippen LogP contribution < -0.4 is 14.8 Å². The van der Waals surface area contributed by atoms with Gasteiger partial charge in [0.1, 0.15) is 17.5 Å². The van der Waals surface area contributed by atoms with Crippen molar-refractivity contribution in [3.63, 3.8) is 0 Å². The van der Waals surface area contributed by atoms with Crippen LogP contribution in [0.2, 0.25) is 0 Å². The van der Waals surface area contributed by atoms with Gasteiger partial charge in [0.2, 0.25) is 11.9 Å². The zero-order valence-electron chi connectivity index (χ0n) is 18.0. The number of carbonyl (C=O) groups is 2. The Morgan fingerprint density at radius 2 is 1.90 bits per heavy atom. The molecule has 1 saturated heterocycles. The first-order valence-electron chi connectivity index (χ1n) is 10.3. The topological polar surface area (TPSA) is 92.7 Å². The number of benzene rings is 1. The molecule has 3 rings (SSSR count).